The van der Waals surface area contributed by atoms with E-state index >= 15 is 0 Å². The maximum absolute atomic E-state index is 5.25. The van der Waals surface area contributed by atoms with E-state index in [1.807, 2.05) is 48.5 Å². The standard InChI is InChI=1S/C12H12O.C6H6.C4H10/c1-9-11-6-4-3-5-10(11)7-8-12(9)13-2;1-2-4-6-5-3-1;1-3-4-2/h3-8H,1-2H3;1-6H;3-4H2,1-2H3. The molecule has 0 saturated heterocycles. The van der Waals surface area contributed by atoms with E-state index in [9.17, 15) is 0 Å². The summed E-state index contributed by atoms with van der Waals surface area (Å²) in [6, 6.07) is 24.4. The minimum absolute atomic E-state index is 0.957. The van der Waals surface area contributed by atoms with Gasteiger partial charge in [-0.1, -0.05) is 93.4 Å². The molecule has 122 valence electrons. The molecule has 0 N–H and O–H groups in total. The Morgan fingerprint density at radius 3 is 1.70 bits per heavy atom. The second-order valence-electron chi connectivity index (χ2n) is 5.27. The van der Waals surface area contributed by atoms with Crippen LogP contribution >= 0.6 is 0 Å². The Labute approximate surface area is 140 Å². The first-order valence-electron chi connectivity index (χ1n) is 8.26. The maximum Gasteiger partial charge on any atom is 0.122 e. The van der Waals surface area contributed by atoms with Crippen molar-refractivity contribution in [3.05, 3.63) is 78.4 Å². The van der Waals surface area contributed by atoms with Crippen LogP contribution in [0, 0.1) is 6.92 Å². The van der Waals surface area contributed by atoms with E-state index in [4.69, 9.17) is 4.74 Å². The summed E-state index contributed by atoms with van der Waals surface area (Å²) in [7, 11) is 1.71. The molecule has 0 fully saturated rings. The van der Waals surface area contributed by atoms with Crippen LogP contribution in [0.5, 0.6) is 5.75 Å². The molecule has 3 aromatic rings. The molecule has 0 aliphatic rings. The van der Waals surface area contributed by atoms with Crippen molar-refractivity contribution in [2.75, 3.05) is 7.11 Å². The number of rotatable bonds is 2. The van der Waals surface area contributed by atoms with Gasteiger partial charge >= 0.3 is 0 Å². The highest BCUT2D eigenvalue weighted by Crippen LogP contribution is 2.26. The molecule has 0 saturated carbocycles. The Hall–Kier alpha value is -2.28. The van der Waals surface area contributed by atoms with E-state index < -0.39 is 0 Å². The van der Waals surface area contributed by atoms with Crippen molar-refractivity contribution >= 4 is 10.8 Å². The summed E-state index contributed by atoms with van der Waals surface area (Å²) in [5.74, 6) is 0.957. The fourth-order valence-electron chi connectivity index (χ4n) is 2.01. The molecule has 23 heavy (non-hydrogen) atoms. The van der Waals surface area contributed by atoms with E-state index in [-0.39, 0.29) is 0 Å². The first-order valence-corrected chi connectivity index (χ1v) is 8.26. The molecule has 0 bridgehead atoms. The number of aryl methyl sites for hydroxylation is 1. The summed E-state index contributed by atoms with van der Waals surface area (Å²) in [6.07, 6.45) is 2.64. The van der Waals surface area contributed by atoms with Gasteiger partial charge in [0.1, 0.15) is 5.75 Å². The number of unbranched alkanes of at least 4 members (excludes halogenated alkanes) is 1. The van der Waals surface area contributed by atoms with Gasteiger partial charge in [-0.15, -0.1) is 0 Å². The van der Waals surface area contributed by atoms with Crippen LogP contribution < -0.4 is 4.74 Å². The van der Waals surface area contributed by atoms with E-state index in [1.54, 1.807) is 7.11 Å². The minimum Gasteiger partial charge on any atom is -0.496 e. The molecule has 0 radical (unpaired) electrons. The van der Waals surface area contributed by atoms with E-state index in [2.05, 4.69) is 45.0 Å². The van der Waals surface area contributed by atoms with Crippen molar-refractivity contribution in [1.82, 2.24) is 0 Å². The van der Waals surface area contributed by atoms with Crippen LogP contribution in [0.4, 0.5) is 0 Å². The van der Waals surface area contributed by atoms with Crippen molar-refractivity contribution in [3.63, 3.8) is 0 Å². The fraction of sp³-hybridized carbons (Fsp3) is 0.273. The highest BCUT2D eigenvalue weighted by atomic mass is 16.5. The summed E-state index contributed by atoms with van der Waals surface area (Å²) in [4.78, 5) is 0. The highest BCUT2D eigenvalue weighted by Gasteiger charge is 2.01. The van der Waals surface area contributed by atoms with Gasteiger partial charge in [0.05, 0.1) is 7.11 Å². The summed E-state index contributed by atoms with van der Waals surface area (Å²) in [5, 5.41) is 2.53. The second kappa shape index (κ2) is 11.3. The largest absolute Gasteiger partial charge is 0.496 e. The molecular weight excluding hydrogens is 280 g/mol. The zero-order valence-corrected chi connectivity index (χ0v) is 14.8. The molecule has 0 amide bonds. The predicted octanol–water partition coefficient (Wildman–Crippen LogP) is 6.65. The summed E-state index contributed by atoms with van der Waals surface area (Å²) >= 11 is 0. The molecule has 0 aliphatic heterocycles. The van der Waals surface area contributed by atoms with Crippen LogP contribution in [0.25, 0.3) is 10.8 Å². The van der Waals surface area contributed by atoms with Gasteiger partial charge < -0.3 is 4.74 Å². The molecule has 0 spiro atoms. The Balaban J connectivity index is 0.000000220. The van der Waals surface area contributed by atoms with Crippen molar-refractivity contribution in [2.24, 2.45) is 0 Å². The van der Waals surface area contributed by atoms with Crippen molar-refractivity contribution in [2.45, 2.75) is 33.6 Å². The van der Waals surface area contributed by atoms with Gasteiger partial charge in [0.2, 0.25) is 0 Å². The number of methoxy groups -OCH3 is 1. The van der Waals surface area contributed by atoms with Crippen molar-refractivity contribution in [1.29, 1.82) is 0 Å². The number of hydrogen-bond acceptors (Lipinski definition) is 1. The first-order chi connectivity index (χ1) is 11.2. The number of fused-ring (bicyclic) bond motifs is 1. The van der Waals surface area contributed by atoms with Gasteiger partial charge in [-0.05, 0) is 29.3 Å². The lowest BCUT2D eigenvalue weighted by atomic mass is 10.1. The predicted molar refractivity (Wildman–Crippen MR) is 102 cm³/mol. The van der Waals surface area contributed by atoms with Gasteiger partial charge in [0, 0.05) is 0 Å². The van der Waals surface area contributed by atoms with Crippen LogP contribution in [-0.4, -0.2) is 7.11 Å². The van der Waals surface area contributed by atoms with Crippen LogP contribution in [0.2, 0.25) is 0 Å². The highest BCUT2D eigenvalue weighted by molar-refractivity contribution is 5.87. The lowest BCUT2D eigenvalue weighted by Gasteiger charge is -2.07. The monoisotopic (exact) mass is 308 g/mol. The average molecular weight is 308 g/mol. The first kappa shape index (κ1) is 18.8. The van der Waals surface area contributed by atoms with E-state index in [0.29, 0.717) is 0 Å². The molecular formula is C22H28O. The Morgan fingerprint density at radius 2 is 1.22 bits per heavy atom. The molecule has 1 nitrogen and oxygen atoms in total. The summed E-state index contributed by atoms with van der Waals surface area (Å²) in [5.41, 5.74) is 1.21. The van der Waals surface area contributed by atoms with Crippen LogP contribution in [0.3, 0.4) is 0 Å². The van der Waals surface area contributed by atoms with Crippen LogP contribution in [0.1, 0.15) is 32.3 Å². The van der Waals surface area contributed by atoms with Gasteiger partial charge in [-0.2, -0.15) is 0 Å². The minimum atomic E-state index is 0.957. The second-order valence-corrected chi connectivity index (χ2v) is 5.27. The average Bonchev–Trinajstić information content (AvgIpc) is 2.64. The third kappa shape index (κ3) is 6.56. The van der Waals surface area contributed by atoms with Gasteiger partial charge in [0.15, 0.2) is 0 Å². The zero-order valence-electron chi connectivity index (χ0n) is 14.8. The Kier molecular flexibility index (Phi) is 9.23. The van der Waals surface area contributed by atoms with Gasteiger partial charge in [-0.25, -0.2) is 0 Å². The molecule has 3 rings (SSSR count). The molecule has 0 unspecified atom stereocenters. The molecule has 3 aromatic carbocycles. The third-order valence-corrected chi connectivity index (χ3v) is 3.54. The Morgan fingerprint density at radius 1 is 0.696 bits per heavy atom. The third-order valence-electron chi connectivity index (χ3n) is 3.54. The summed E-state index contributed by atoms with van der Waals surface area (Å²) in [6.45, 7) is 6.45. The molecule has 0 aliphatic carbocycles. The van der Waals surface area contributed by atoms with Gasteiger partial charge in [-0.3, -0.25) is 0 Å². The molecule has 1 heteroatoms. The van der Waals surface area contributed by atoms with Crippen molar-refractivity contribution < 1.29 is 4.74 Å². The van der Waals surface area contributed by atoms with Crippen molar-refractivity contribution in [3.8, 4) is 5.75 Å². The number of ether oxygens (including phenoxy) is 1. The van der Waals surface area contributed by atoms with Crippen LogP contribution in [0.15, 0.2) is 72.8 Å². The quantitative estimate of drug-likeness (QED) is 0.515. The lowest BCUT2D eigenvalue weighted by molar-refractivity contribution is 0.412. The van der Waals surface area contributed by atoms with Crippen LogP contribution in [-0.2, 0) is 0 Å². The van der Waals surface area contributed by atoms with E-state index in [0.717, 1.165) is 5.75 Å². The van der Waals surface area contributed by atoms with E-state index in [1.165, 1.54) is 29.2 Å². The Bertz CT molecular complexity index is 630. The van der Waals surface area contributed by atoms with Gasteiger partial charge in [0.25, 0.3) is 0 Å². The smallest absolute Gasteiger partial charge is 0.122 e. The lowest BCUT2D eigenvalue weighted by Crippen LogP contribution is -1.87. The fourth-order valence-corrected chi connectivity index (χ4v) is 2.01. The molecule has 0 aromatic heterocycles. The molecule has 0 heterocycles. The number of benzene rings is 3. The summed E-state index contributed by atoms with van der Waals surface area (Å²) < 4.78 is 5.25. The zero-order chi connectivity index (χ0) is 16.9. The SMILES string of the molecule is CCCC.COc1ccc2ccccc2c1C.c1ccccc1. The topological polar surface area (TPSA) is 9.23 Å². The normalized spacial score (nSPS) is 9.22. The maximum atomic E-state index is 5.25. The molecule has 0 atom stereocenters. The number of hydrogen-bond donors (Lipinski definition) is 0.